The number of aromatic nitrogens is 2. The van der Waals surface area contributed by atoms with Crippen molar-refractivity contribution >= 4 is 22.7 Å². The highest BCUT2D eigenvalue weighted by molar-refractivity contribution is 5.92. The fourth-order valence-corrected chi connectivity index (χ4v) is 1.80. The number of benzene rings is 1. The highest BCUT2D eigenvalue weighted by atomic mass is 16.4. The lowest BCUT2D eigenvalue weighted by atomic mass is 10.2. The van der Waals surface area contributed by atoms with Gasteiger partial charge in [0.1, 0.15) is 6.04 Å². The first kappa shape index (κ1) is 11.4. The standard InChI is InChI=1S/C12H15N3O2/c1-8(12(16)17)14(2)11-9-6-4-5-7-10(9)15(3)13-11/h4-8H,1-3H3,(H,16,17). The summed E-state index contributed by atoms with van der Waals surface area (Å²) in [5, 5.41) is 14.4. The van der Waals surface area contributed by atoms with Crippen molar-refractivity contribution in [3.05, 3.63) is 24.3 Å². The van der Waals surface area contributed by atoms with Gasteiger partial charge in [-0.2, -0.15) is 5.10 Å². The number of para-hydroxylation sites is 1. The number of nitrogens with zero attached hydrogens (tertiary/aromatic N) is 3. The van der Waals surface area contributed by atoms with Gasteiger partial charge in [-0.05, 0) is 19.1 Å². The van der Waals surface area contributed by atoms with Crippen LogP contribution in [0.25, 0.3) is 10.9 Å². The Hall–Kier alpha value is -2.04. The van der Waals surface area contributed by atoms with Gasteiger partial charge in [-0.1, -0.05) is 12.1 Å². The Morgan fingerprint density at radius 1 is 1.47 bits per heavy atom. The number of likely N-dealkylation sites (N-methyl/N-ethyl adjacent to an activating group) is 1. The molecule has 1 N–H and O–H groups in total. The number of hydrogen-bond acceptors (Lipinski definition) is 3. The lowest BCUT2D eigenvalue weighted by molar-refractivity contribution is -0.138. The maximum absolute atomic E-state index is 11.0. The summed E-state index contributed by atoms with van der Waals surface area (Å²) in [5.74, 6) is -0.166. The molecule has 5 nitrogen and oxygen atoms in total. The summed E-state index contributed by atoms with van der Waals surface area (Å²) < 4.78 is 1.76. The van der Waals surface area contributed by atoms with Crippen molar-refractivity contribution in [2.45, 2.75) is 13.0 Å². The molecule has 0 radical (unpaired) electrons. The van der Waals surface area contributed by atoms with E-state index >= 15 is 0 Å². The van der Waals surface area contributed by atoms with Crippen LogP contribution in [-0.4, -0.2) is 33.9 Å². The van der Waals surface area contributed by atoms with E-state index in [0.717, 1.165) is 10.9 Å². The highest BCUT2D eigenvalue weighted by Crippen LogP contribution is 2.25. The van der Waals surface area contributed by atoms with Gasteiger partial charge in [-0.15, -0.1) is 0 Å². The fourth-order valence-electron chi connectivity index (χ4n) is 1.80. The van der Waals surface area contributed by atoms with Gasteiger partial charge in [-0.25, -0.2) is 4.79 Å². The van der Waals surface area contributed by atoms with Crippen LogP contribution in [0.15, 0.2) is 24.3 Å². The SMILES string of the molecule is CC(C(=O)O)N(C)c1nn(C)c2ccccc12. The van der Waals surface area contributed by atoms with Crippen LogP contribution in [-0.2, 0) is 11.8 Å². The van der Waals surface area contributed by atoms with E-state index < -0.39 is 12.0 Å². The molecule has 2 aromatic rings. The monoisotopic (exact) mass is 233 g/mol. The molecule has 1 aromatic carbocycles. The fraction of sp³-hybridized carbons (Fsp3) is 0.333. The summed E-state index contributed by atoms with van der Waals surface area (Å²) in [6.45, 7) is 1.64. The maximum atomic E-state index is 11.0. The minimum absolute atomic E-state index is 0.603. The summed E-state index contributed by atoms with van der Waals surface area (Å²) in [7, 11) is 3.60. The Balaban J connectivity index is 2.52. The van der Waals surface area contributed by atoms with E-state index in [0.29, 0.717) is 5.82 Å². The molecule has 0 aliphatic carbocycles. The third-order valence-electron chi connectivity index (χ3n) is 3.01. The number of aliphatic carboxylic acids is 1. The minimum Gasteiger partial charge on any atom is -0.480 e. The molecule has 17 heavy (non-hydrogen) atoms. The Kier molecular flexibility index (Phi) is 2.75. The molecule has 0 fully saturated rings. The number of carbonyl (C=O) groups is 1. The first-order valence-electron chi connectivity index (χ1n) is 5.39. The van der Waals surface area contributed by atoms with Gasteiger partial charge in [0, 0.05) is 19.5 Å². The highest BCUT2D eigenvalue weighted by Gasteiger charge is 2.21. The number of aryl methyl sites for hydroxylation is 1. The van der Waals surface area contributed by atoms with Gasteiger partial charge >= 0.3 is 5.97 Å². The summed E-state index contributed by atoms with van der Waals surface area (Å²) in [6, 6.07) is 7.17. The summed E-state index contributed by atoms with van der Waals surface area (Å²) in [6.07, 6.45) is 0. The topological polar surface area (TPSA) is 58.4 Å². The second-order valence-electron chi connectivity index (χ2n) is 4.09. The van der Waals surface area contributed by atoms with Gasteiger partial charge in [0.15, 0.2) is 5.82 Å². The average Bonchev–Trinajstić information content (AvgIpc) is 2.65. The lowest BCUT2D eigenvalue weighted by Crippen LogP contribution is -2.36. The Labute approximate surface area is 99.3 Å². The molecule has 1 unspecified atom stereocenters. The van der Waals surface area contributed by atoms with Crippen LogP contribution in [0.2, 0.25) is 0 Å². The van der Waals surface area contributed by atoms with Crippen molar-refractivity contribution in [3.8, 4) is 0 Å². The molecule has 0 aliphatic rings. The molecule has 0 saturated heterocycles. The van der Waals surface area contributed by atoms with Crippen molar-refractivity contribution < 1.29 is 9.90 Å². The molecule has 90 valence electrons. The molecule has 1 heterocycles. The Morgan fingerprint density at radius 3 is 2.76 bits per heavy atom. The smallest absolute Gasteiger partial charge is 0.326 e. The first-order chi connectivity index (χ1) is 8.02. The van der Waals surface area contributed by atoms with Crippen LogP contribution in [0.5, 0.6) is 0 Å². The zero-order valence-electron chi connectivity index (χ0n) is 10.1. The van der Waals surface area contributed by atoms with Crippen LogP contribution in [0.4, 0.5) is 5.82 Å². The predicted molar refractivity (Wildman–Crippen MR) is 66.2 cm³/mol. The first-order valence-corrected chi connectivity index (χ1v) is 5.39. The number of rotatable bonds is 3. The van der Waals surface area contributed by atoms with Gasteiger partial charge in [0.25, 0.3) is 0 Å². The van der Waals surface area contributed by atoms with Gasteiger partial charge in [0.05, 0.1) is 5.52 Å². The van der Waals surface area contributed by atoms with Crippen molar-refractivity contribution in [2.75, 3.05) is 11.9 Å². The van der Waals surface area contributed by atoms with Crippen LogP contribution in [0.1, 0.15) is 6.92 Å². The van der Waals surface area contributed by atoms with E-state index in [1.165, 1.54) is 0 Å². The lowest BCUT2D eigenvalue weighted by Gasteiger charge is -2.21. The molecule has 0 spiro atoms. The minimum atomic E-state index is -0.859. The summed E-state index contributed by atoms with van der Waals surface area (Å²) in [5.41, 5.74) is 0.993. The number of carboxylic acid groups (broad SMARTS) is 1. The van der Waals surface area contributed by atoms with Crippen LogP contribution in [0.3, 0.4) is 0 Å². The number of hydrogen-bond donors (Lipinski definition) is 1. The van der Waals surface area contributed by atoms with Crippen molar-refractivity contribution in [3.63, 3.8) is 0 Å². The van der Waals surface area contributed by atoms with E-state index in [1.807, 2.05) is 31.3 Å². The molecular weight excluding hydrogens is 218 g/mol. The van der Waals surface area contributed by atoms with Gasteiger partial charge in [0.2, 0.25) is 0 Å². The molecule has 0 aliphatic heterocycles. The zero-order chi connectivity index (χ0) is 12.6. The molecule has 5 heteroatoms. The Bertz CT molecular complexity index is 562. The zero-order valence-corrected chi connectivity index (χ0v) is 10.1. The maximum Gasteiger partial charge on any atom is 0.326 e. The van der Waals surface area contributed by atoms with E-state index in [-0.39, 0.29) is 0 Å². The van der Waals surface area contributed by atoms with Gasteiger partial charge < -0.3 is 10.0 Å². The second kappa shape index (κ2) is 4.08. The normalized spacial score (nSPS) is 12.6. The second-order valence-corrected chi connectivity index (χ2v) is 4.09. The number of fused-ring (bicyclic) bond motifs is 1. The Morgan fingerprint density at radius 2 is 2.12 bits per heavy atom. The van der Waals surface area contributed by atoms with Crippen LogP contribution < -0.4 is 4.90 Å². The van der Waals surface area contributed by atoms with E-state index in [4.69, 9.17) is 5.11 Å². The van der Waals surface area contributed by atoms with E-state index in [2.05, 4.69) is 5.10 Å². The molecule has 0 saturated carbocycles. The molecule has 0 amide bonds. The average molecular weight is 233 g/mol. The molecule has 0 bridgehead atoms. The van der Waals surface area contributed by atoms with E-state index in [1.54, 1.807) is 23.6 Å². The summed E-state index contributed by atoms with van der Waals surface area (Å²) in [4.78, 5) is 12.7. The largest absolute Gasteiger partial charge is 0.480 e. The number of anilines is 1. The molecule has 1 atom stereocenters. The van der Waals surface area contributed by atoms with Crippen LogP contribution >= 0.6 is 0 Å². The third-order valence-corrected chi connectivity index (χ3v) is 3.01. The third kappa shape index (κ3) is 1.84. The van der Waals surface area contributed by atoms with Crippen LogP contribution in [0, 0.1) is 0 Å². The summed E-state index contributed by atoms with van der Waals surface area (Å²) >= 11 is 0. The van der Waals surface area contributed by atoms with E-state index in [9.17, 15) is 4.79 Å². The van der Waals surface area contributed by atoms with Crippen molar-refractivity contribution in [1.29, 1.82) is 0 Å². The predicted octanol–water partition coefficient (Wildman–Crippen LogP) is 1.48. The van der Waals surface area contributed by atoms with Crippen molar-refractivity contribution in [2.24, 2.45) is 7.05 Å². The molecule has 1 aromatic heterocycles. The molecular formula is C12H15N3O2. The quantitative estimate of drug-likeness (QED) is 0.872. The van der Waals surface area contributed by atoms with Crippen molar-refractivity contribution in [1.82, 2.24) is 9.78 Å². The van der Waals surface area contributed by atoms with Gasteiger partial charge in [-0.3, -0.25) is 4.68 Å². The number of carboxylic acids is 1. The molecule has 2 rings (SSSR count).